The molecule has 4 rings (SSSR count). The fourth-order valence-electron chi connectivity index (χ4n) is 3.65. The van der Waals surface area contributed by atoms with Crippen molar-refractivity contribution in [2.24, 2.45) is 0 Å². The molecule has 1 aromatic heterocycles. The number of H-pyrrole nitrogens is 1. The van der Waals surface area contributed by atoms with Crippen LogP contribution < -0.4 is 4.90 Å². The number of anilines is 1. The molecule has 2 aliphatic heterocycles. The van der Waals surface area contributed by atoms with Gasteiger partial charge in [0, 0.05) is 30.9 Å². The second-order valence-electron chi connectivity index (χ2n) is 6.27. The first kappa shape index (κ1) is 14.2. The first-order valence-electron chi connectivity index (χ1n) is 8.34. The van der Waals surface area contributed by atoms with Crippen LogP contribution in [0.1, 0.15) is 47.9 Å². The Bertz CT molecular complexity index is 678. The highest BCUT2D eigenvalue weighted by Gasteiger charge is 2.32. The third-order valence-electron chi connectivity index (χ3n) is 4.83. The summed E-state index contributed by atoms with van der Waals surface area (Å²) >= 11 is 0. The van der Waals surface area contributed by atoms with Crippen LogP contribution in [0.2, 0.25) is 0 Å². The van der Waals surface area contributed by atoms with E-state index in [0.717, 1.165) is 49.6 Å². The molecule has 0 bridgehead atoms. The highest BCUT2D eigenvalue weighted by molar-refractivity contribution is 5.95. The van der Waals surface area contributed by atoms with Gasteiger partial charge in [0.05, 0.1) is 6.04 Å². The van der Waals surface area contributed by atoms with Gasteiger partial charge in [-0.25, -0.2) is 4.98 Å². The van der Waals surface area contributed by atoms with Gasteiger partial charge in [0.25, 0.3) is 5.91 Å². The van der Waals surface area contributed by atoms with E-state index in [2.05, 4.69) is 26.1 Å². The lowest BCUT2D eigenvalue weighted by Gasteiger charge is -2.24. The highest BCUT2D eigenvalue weighted by atomic mass is 16.2. The number of hydrogen-bond acceptors (Lipinski definition) is 4. The van der Waals surface area contributed by atoms with Crippen molar-refractivity contribution in [3.8, 4) is 0 Å². The van der Waals surface area contributed by atoms with Gasteiger partial charge >= 0.3 is 0 Å². The predicted molar refractivity (Wildman–Crippen MR) is 87.3 cm³/mol. The van der Waals surface area contributed by atoms with Crippen molar-refractivity contribution >= 4 is 11.6 Å². The van der Waals surface area contributed by atoms with E-state index in [9.17, 15) is 4.79 Å². The average Bonchev–Trinajstić information content (AvgIpc) is 3.35. The Balaban J connectivity index is 1.57. The maximum Gasteiger partial charge on any atom is 0.254 e. The zero-order valence-corrected chi connectivity index (χ0v) is 13.1. The molecule has 0 aliphatic carbocycles. The van der Waals surface area contributed by atoms with Crippen molar-refractivity contribution in [2.75, 3.05) is 24.5 Å². The zero-order valence-electron chi connectivity index (χ0n) is 13.1. The summed E-state index contributed by atoms with van der Waals surface area (Å²) in [5.74, 6) is 0.872. The van der Waals surface area contributed by atoms with Crippen LogP contribution in [0.4, 0.5) is 5.69 Å². The van der Waals surface area contributed by atoms with Gasteiger partial charge in [-0.1, -0.05) is 6.07 Å². The zero-order chi connectivity index (χ0) is 15.6. The quantitative estimate of drug-likeness (QED) is 0.945. The molecule has 0 saturated carbocycles. The number of hydrogen-bond donors (Lipinski definition) is 1. The Labute approximate surface area is 135 Å². The van der Waals surface area contributed by atoms with Crippen LogP contribution in [0.25, 0.3) is 0 Å². The van der Waals surface area contributed by atoms with Crippen LogP contribution >= 0.6 is 0 Å². The van der Waals surface area contributed by atoms with E-state index in [4.69, 9.17) is 0 Å². The molecule has 2 saturated heterocycles. The minimum atomic E-state index is 0.0143. The average molecular weight is 311 g/mol. The number of likely N-dealkylation sites (tertiary alicyclic amines) is 1. The molecule has 6 heteroatoms. The number of nitrogens with one attached hydrogen (secondary N) is 1. The van der Waals surface area contributed by atoms with E-state index in [1.807, 2.05) is 23.1 Å². The first-order valence-corrected chi connectivity index (χ1v) is 8.34. The largest absolute Gasteiger partial charge is 0.372 e. The van der Waals surface area contributed by atoms with Gasteiger partial charge in [-0.15, -0.1) is 0 Å². The molecule has 3 heterocycles. The van der Waals surface area contributed by atoms with Crippen molar-refractivity contribution in [1.82, 2.24) is 20.1 Å². The van der Waals surface area contributed by atoms with Crippen molar-refractivity contribution < 1.29 is 4.79 Å². The lowest BCUT2D eigenvalue weighted by molar-refractivity contribution is 0.0730. The maximum atomic E-state index is 13.0. The van der Waals surface area contributed by atoms with Crippen LogP contribution in [0.15, 0.2) is 30.6 Å². The molecule has 2 fully saturated rings. The summed E-state index contributed by atoms with van der Waals surface area (Å²) in [5.41, 5.74) is 1.92. The second kappa shape index (κ2) is 6.02. The van der Waals surface area contributed by atoms with Gasteiger partial charge < -0.3 is 9.80 Å². The molecule has 6 nitrogen and oxygen atoms in total. The van der Waals surface area contributed by atoms with Crippen molar-refractivity contribution in [3.05, 3.63) is 42.0 Å². The third kappa shape index (κ3) is 2.69. The molecular formula is C17H21N5O. The van der Waals surface area contributed by atoms with Crippen LogP contribution in [0.5, 0.6) is 0 Å². The smallest absolute Gasteiger partial charge is 0.254 e. The summed E-state index contributed by atoms with van der Waals surface area (Å²) < 4.78 is 0. The Hall–Kier alpha value is -2.37. The number of aromatic nitrogens is 3. The second-order valence-corrected chi connectivity index (χ2v) is 6.27. The molecule has 1 aromatic carbocycles. The normalized spacial score (nSPS) is 21.1. The highest BCUT2D eigenvalue weighted by Crippen LogP contribution is 2.31. The Morgan fingerprint density at radius 3 is 2.83 bits per heavy atom. The maximum absolute atomic E-state index is 13.0. The lowest BCUT2D eigenvalue weighted by atomic mass is 10.1. The van der Waals surface area contributed by atoms with Crippen molar-refractivity contribution in [2.45, 2.75) is 31.7 Å². The van der Waals surface area contributed by atoms with E-state index in [1.165, 1.54) is 19.2 Å². The van der Waals surface area contributed by atoms with Crippen LogP contribution in [0, 0.1) is 0 Å². The van der Waals surface area contributed by atoms with Crippen molar-refractivity contribution in [3.63, 3.8) is 0 Å². The van der Waals surface area contributed by atoms with E-state index < -0.39 is 0 Å². The molecular weight excluding hydrogens is 290 g/mol. The minimum Gasteiger partial charge on any atom is -0.372 e. The van der Waals surface area contributed by atoms with E-state index in [0.29, 0.717) is 0 Å². The Morgan fingerprint density at radius 2 is 2.04 bits per heavy atom. The predicted octanol–water partition coefficient (Wildman–Crippen LogP) is 2.38. The topological polar surface area (TPSA) is 65.1 Å². The summed E-state index contributed by atoms with van der Waals surface area (Å²) in [7, 11) is 0. The monoisotopic (exact) mass is 311 g/mol. The van der Waals surface area contributed by atoms with Gasteiger partial charge in [0.15, 0.2) is 0 Å². The number of carbonyl (C=O) groups is 1. The molecule has 0 unspecified atom stereocenters. The Morgan fingerprint density at radius 1 is 1.17 bits per heavy atom. The van der Waals surface area contributed by atoms with Gasteiger partial charge in [-0.05, 0) is 43.9 Å². The number of carbonyl (C=O) groups excluding carboxylic acids is 1. The SMILES string of the molecule is O=C(c1cccc(N2CCCC2)c1)N1CCC[C@H]1c1ncn[nH]1. The summed E-state index contributed by atoms with van der Waals surface area (Å²) in [6, 6.07) is 8.04. The summed E-state index contributed by atoms with van der Waals surface area (Å²) in [4.78, 5) is 21.5. The molecule has 120 valence electrons. The van der Waals surface area contributed by atoms with Gasteiger partial charge in [0.1, 0.15) is 12.2 Å². The molecule has 23 heavy (non-hydrogen) atoms. The third-order valence-corrected chi connectivity index (χ3v) is 4.83. The van der Waals surface area contributed by atoms with E-state index in [-0.39, 0.29) is 11.9 Å². The standard InChI is InChI=1S/C17H21N5O/c23-17(22-10-4-7-15(22)16-18-12-19-20-16)13-5-3-6-14(11-13)21-8-1-2-9-21/h3,5-6,11-12,15H,1-2,4,7-10H2,(H,18,19,20)/t15-/m0/s1. The van der Waals surface area contributed by atoms with E-state index in [1.54, 1.807) is 0 Å². The fourth-order valence-corrected chi connectivity index (χ4v) is 3.65. The van der Waals surface area contributed by atoms with Crippen LogP contribution in [-0.2, 0) is 0 Å². The summed E-state index contributed by atoms with van der Waals surface area (Å²) in [6.07, 6.45) is 5.91. The lowest BCUT2D eigenvalue weighted by Crippen LogP contribution is -2.31. The van der Waals surface area contributed by atoms with Crippen molar-refractivity contribution in [1.29, 1.82) is 0 Å². The number of rotatable bonds is 3. The number of nitrogens with zero attached hydrogens (tertiary/aromatic N) is 4. The minimum absolute atomic E-state index is 0.0143. The fraction of sp³-hybridized carbons (Fsp3) is 0.471. The molecule has 1 amide bonds. The molecule has 2 aliphatic rings. The van der Waals surface area contributed by atoms with Gasteiger partial charge in [-0.3, -0.25) is 9.89 Å². The van der Waals surface area contributed by atoms with Crippen LogP contribution in [0.3, 0.4) is 0 Å². The number of aromatic amines is 1. The Kier molecular flexibility index (Phi) is 3.73. The molecule has 1 atom stereocenters. The summed E-state index contributed by atoms with van der Waals surface area (Å²) in [6.45, 7) is 2.95. The number of benzene rings is 1. The first-order chi connectivity index (χ1) is 11.3. The van der Waals surface area contributed by atoms with Crippen LogP contribution in [-0.4, -0.2) is 45.6 Å². The molecule has 0 spiro atoms. The molecule has 1 N–H and O–H groups in total. The number of amides is 1. The summed E-state index contributed by atoms with van der Waals surface area (Å²) in [5, 5.41) is 6.83. The van der Waals surface area contributed by atoms with Gasteiger partial charge in [0.2, 0.25) is 0 Å². The van der Waals surface area contributed by atoms with Gasteiger partial charge in [-0.2, -0.15) is 5.10 Å². The van der Waals surface area contributed by atoms with E-state index >= 15 is 0 Å². The molecule has 2 aromatic rings. The molecule has 0 radical (unpaired) electrons.